The summed E-state index contributed by atoms with van der Waals surface area (Å²) in [5.41, 5.74) is 8.19. The van der Waals surface area contributed by atoms with Crippen molar-refractivity contribution >= 4 is 18.3 Å². The van der Waals surface area contributed by atoms with Crippen molar-refractivity contribution in [1.29, 1.82) is 0 Å². The van der Waals surface area contributed by atoms with Crippen LogP contribution in [0.15, 0.2) is 24.3 Å². The number of nitrogens with one attached hydrogen (secondary N) is 1. The molecule has 3 atom stereocenters. The smallest absolute Gasteiger partial charge is 0.237 e. The number of benzene rings is 1. The van der Waals surface area contributed by atoms with Gasteiger partial charge in [0.05, 0.1) is 12.1 Å². The second-order valence-corrected chi connectivity index (χ2v) is 4.96. The van der Waals surface area contributed by atoms with Gasteiger partial charge in [-0.05, 0) is 36.8 Å². The Kier molecular flexibility index (Phi) is 5.17. The second kappa shape index (κ2) is 6.21. The third-order valence-electron chi connectivity index (χ3n) is 3.52. The minimum absolute atomic E-state index is 0. The number of hydrogen-bond donors (Lipinski definition) is 2. The minimum atomic E-state index is -0.443. The molecule has 0 spiro atoms. The number of nitrogens with two attached hydrogens (primary N) is 1. The van der Waals surface area contributed by atoms with Crippen molar-refractivity contribution in [3.63, 3.8) is 0 Å². The first kappa shape index (κ1) is 15.0. The Morgan fingerprint density at radius 1 is 1.33 bits per heavy atom. The molecule has 0 heterocycles. The Morgan fingerprint density at radius 2 is 1.94 bits per heavy atom. The van der Waals surface area contributed by atoms with Crippen molar-refractivity contribution in [2.24, 2.45) is 5.73 Å². The average Bonchev–Trinajstić information content (AvgIpc) is 2.33. The highest BCUT2D eigenvalue weighted by atomic mass is 35.5. The van der Waals surface area contributed by atoms with E-state index < -0.39 is 6.04 Å². The lowest BCUT2D eigenvalue weighted by Gasteiger charge is -2.30. The molecule has 1 aliphatic rings. The Labute approximate surface area is 115 Å². The van der Waals surface area contributed by atoms with Gasteiger partial charge in [-0.1, -0.05) is 31.2 Å². The van der Waals surface area contributed by atoms with Crippen LogP contribution < -0.4 is 11.1 Å². The predicted molar refractivity (Wildman–Crippen MR) is 75.9 cm³/mol. The first-order valence-corrected chi connectivity index (χ1v) is 6.24. The number of rotatable bonds is 2. The van der Waals surface area contributed by atoms with Crippen LogP contribution in [-0.4, -0.2) is 11.9 Å². The van der Waals surface area contributed by atoms with Crippen LogP contribution in [0.25, 0.3) is 0 Å². The van der Waals surface area contributed by atoms with Gasteiger partial charge in [0.1, 0.15) is 0 Å². The van der Waals surface area contributed by atoms with Crippen molar-refractivity contribution in [1.82, 2.24) is 5.32 Å². The summed E-state index contributed by atoms with van der Waals surface area (Å²) >= 11 is 0. The molecule has 0 saturated carbocycles. The van der Waals surface area contributed by atoms with Crippen molar-refractivity contribution < 1.29 is 4.79 Å². The predicted octanol–water partition coefficient (Wildman–Crippen LogP) is 2.51. The van der Waals surface area contributed by atoms with E-state index in [4.69, 9.17) is 5.73 Å². The van der Waals surface area contributed by atoms with E-state index in [0.29, 0.717) is 5.92 Å². The fourth-order valence-electron chi connectivity index (χ4n) is 2.46. The highest BCUT2D eigenvalue weighted by Crippen LogP contribution is 2.36. The maximum Gasteiger partial charge on any atom is 0.237 e. The summed E-state index contributed by atoms with van der Waals surface area (Å²) in [5.74, 6) is 0.508. The lowest BCUT2D eigenvalue weighted by molar-refractivity contribution is -0.122. The van der Waals surface area contributed by atoms with Gasteiger partial charge in [0, 0.05) is 0 Å². The Bertz CT molecular complexity index is 420. The van der Waals surface area contributed by atoms with E-state index in [1.807, 2.05) is 6.07 Å². The van der Waals surface area contributed by atoms with E-state index in [0.717, 1.165) is 12.8 Å². The van der Waals surface area contributed by atoms with Crippen LogP contribution in [0, 0.1) is 0 Å². The zero-order valence-corrected chi connectivity index (χ0v) is 11.7. The Hall–Kier alpha value is -1.06. The van der Waals surface area contributed by atoms with Crippen molar-refractivity contribution in [3.8, 4) is 0 Å². The van der Waals surface area contributed by atoms with Crippen LogP contribution in [-0.2, 0) is 4.79 Å². The fourth-order valence-corrected chi connectivity index (χ4v) is 2.46. The molecule has 0 aliphatic heterocycles. The van der Waals surface area contributed by atoms with E-state index in [1.165, 1.54) is 11.1 Å². The third-order valence-corrected chi connectivity index (χ3v) is 3.52. The molecular weight excluding hydrogens is 248 g/mol. The number of fused-ring (bicyclic) bond motifs is 1. The molecule has 2 rings (SSSR count). The van der Waals surface area contributed by atoms with Gasteiger partial charge in [-0.3, -0.25) is 4.79 Å². The molecule has 0 saturated heterocycles. The summed E-state index contributed by atoms with van der Waals surface area (Å²) in [6.45, 7) is 3.95. The zero-order chi connectivity index (χ0) is 12.4. The summed E-state index contributed by atoms with van der Waals surface area (Å²) in [5, 5.41) is 3.03. The van der Waals surface area contributed by atoms with Gasteiger partial charge in [-0.15, -0.1) is 12.4 Å². The van der Waals surface area contributed by atoms with E-state index >= 15 is 0 Å². The Morgan fingerprint density at radius 3 is 2.56 bits per heavy atom. The summed E-state index contributed by atoms with van der Waals surface area (Å²) < 4.78 is 0. The van der Waals surface area contributed by atoms with Gasteiger partial charge in [0.25, 0.3) is 0 Å². The monoisotopic (exact) mass is 268 g/mol. The normalized spacial score (nSPS) is 23.5. The average molecular weight is 269 g/mol. The number of hydrogen-bond acceptors (Lipinski definition) is 2. The van der Waals surface area contributed by atoms with Crippen molar-refractivity contribution in [3.05, 3.63) is 35.4 Å². The summed E-state index contributed by atoms with van der Waals surface area (Å²) in [4.78, 5) is 11.7. The lowest BCUT2D eigenvalue weighted by atomic mass is 9.81. The van der Waals surface area contributed by atoms with Gasteiger partial charge in [0.2, 0.25) is 5.91 Å². The summed E-state index contributed by atoms with van der Waals surface area (Å²) in [7, 11) is 0. The molecule has 1 aromatic rings. The highest BCUT2D eigenvalue weighted by molar-refractivity contribution is 5.85. The van der Waals surface area contributed by atoms with Gasteiger partial charge >= 0.3 is 0 Å². The summed E-state index contributed by atoms with van der Waals surface area (Å²) in [6.07, 6.45) is 2.11. The van der Waals surface area contributed by atoms with Gasteiger partial charge in [-0.25, -0.2) is 0 Å². The minimum Gasteiger partial charge on any atom is -0.348 e. The topological polar surface area (TPSA) is 55.1 Å². The zero-order valence-electron chi connectivity index (χ0n) is 10.8. The largest absolute Gasteiger partial charge is 0.348 e. The quantitative estimate of drug-likeness (QED) is 0.866. The van der Waals surface area contributed by atoms with Crippen LogP contribution in [0.3, 0.4) is 0 Å². The molecule has 0 fully saturated rings. The molecule has 3 N–H and O–H groups in total. The Balaban J connectivity index is 0.00000162. The molecule has 1 aromatic carbocycles. The van der Waals surface area contributed by atoms with Gasteiger partial charge < -0.3 is 11.1 Å². The number of halogens is 1. The number of carbonyl (C=O) groups is 1. The molecule has 0 aromatic heterocycles. The molecule has 3 unspecified atom stereocenters. The first-order valence-electron chi connectivity index (χ1n) is 6.24. The van der Waals surface area contributed by atoms with Gasteiger partial charge in [0.15, 0.2) is 0 Å². The molecule has 1 amide bonds. The summed E-state index contributed by atoms with van der Waals surface area (Å²) in [6, 6.07) is 8.04. The van der Waals surface area contributed by atoms with Gasteiger partial charge in [-0.2, -0.15) is 0 Å². The van der Waals surface area contributed by atoms with Crippen LogP contribution in [0.5, 0.6) is 0 Å². The number of amides is 1. The molecule has 0 radical (unpaired) electrons. The standard InChI is InChI=1S/C14H20N2O.ClH/c1-9-7-8-13(16-14(17)10(2)15)12-6-4-3-5-11(9)12;/h3-6,9-10,13H,7-8,15H2,1-2H3,(H,16,17);1H. The molecular formula is C14H21ClN2O. The first-order chi connectivity index (χ1) is 8.09. The van der Waals surface area contributed by atoms with E-state index in [9.17, 15) is 4.79 Å². The van der Waals surface area contributed by atoms with Crippen LogP contribution in [0.1, 0.15) is 49.8 Å². The third kappa shape index (κ3) is 3.03. The lowest BCUT2D eigenvalue weighted by Crippen LogP contribution is -2.41. The molecule has 3 nitrogen and oxygen atoms in total. The SMILES string of the molecule is CC(N)C(=O)NC1CCC(C)c2ccccc21.Cl. The highest BCUT2D eigenvalue weighted by Gasteiger charge is 2.25. The number of carbonyl (C=O) groups excluding carboxylic acids is 1. The molecule has 4 heteroatoms. The van der Waals surface area contributed by atoms with Crippen molar-refractivity contribution in [2.45, 2.75) is 44.7 Å². The molecule has 1 aliphatic carbocycles. The molecule has 18 heavy (non-hydrogen) atoms. The van der Waals surface area contributed by atoms with Crippen LogP contribution in [0.4, 0.5) is 0 Å². The van der Waals surface area contributed by atoms with E-state index in [-0.39, 0.29) is 24.4 Å². The molecule has 100 valence electrons. The second-order valence-electron chi connectivity index (χ2n) is 4.96. The maximum atomic E-state index is 11.7. The van der Waals surface area contributed by atoms with Crippen LogP contribution >= 0.6 is 12.4 Å². The molecule has 0 bridgehead atoms. The van der Waals surface area contributed by atoms with Crippen molar-refractivity contribution in [2.75, 3.05) is 0 Å². The maximum absolute atomic E-state index is 11.7. The van der Waals surface area contributed by atoms with E-state index in [1.54, 1.807) is 6.92 Å². The fraction of sp³-hybridized carbons (Fsp3) is 0.500. The van der Waals surface area contributed by atoms with E-state index in [2.05, 4.69) is 30.4 Å². The van der Waals surface area contributed by atoms with Crippen LogP contribution in [0.2, 0.25) is 0 Å².